The Bertz CT molecular complexity index is 812. The summed E-state index contributed by atoms with van der Waals surface area (Å²) >= 11 is 6.00. The first-order valence-corrected chi connectivity index (χ1v) is 9.23. The van der Waals surface area contributed by atoms with Crippen LogP contribution in [0.3, 0.4) is 0 Å². The largest absolute Gasteiger partial charge is 0.324 e. The van der Waals surface area contributed by atoms with E-state index in [-0.39, 0.29) is 18.5 Å². The molecule has 0 radical (unpaired) electrons. The second-order valence-corrected chi connectivity index (χ2v) is 7.25. The topological polar surface area (TPSA) is 56.1 Å². The van der Waals surface area contributed by atoms with Crippen molar-refractivity contribution < 1.29 is 4.79 Å². The third-order valence-electron chi connectivity index (χ3n) is 4.74. The van der Waals surface area contributed by atoms with E-state index in [2.05, 4.69) is 35.3 Å². The Balaban J connectivity index is 1.71. The molecule has 1 aliphatic carbocycles. The van der Waals surface area contributed by atoms with Crippen LogP contribution >= 0.6 is 11.6 Å². The van der Waals surface area contributed by atoms with Gasteiger partial charge < -0.3 is 5.32 Å². The summed E-state index contributed by atoms with van der Waals surface area (Å²) in [7, 11) is 0. The standard InChI is InChI=1S/C21H22ClN3O/c1-15(17-5-3-2-4-6-17)25(13-16-7-8-16)14-21(26)24-20-11-19(22)10-9-18(20)12-23/h2-6,9-11,15-16H,7-8,13-14H2,1H3,(H,24,26). The maximum absolute atomic E-state index is 12.6. The molecule has 1 amide bonds. The fourth-order valence-corrected chi connectivity index (χ4v) is 3.20. The highest BCUT2D eigenvalue weighted by Crippen LogP contribution is 2.32. The zero-order valence-electron chi connectivity index (χ0n) is 14.8. The van der Waals surface area contributed by atoms with Gasteiger partial charge in [-0.1, -0.05) is 41.9 Å². The number of hydrogen-bond donors (Lipinski definition) is 1. The molecular weight excluding hydrogens is 346 g/mol. The van der Waals surface area contributed by atoms with Crippen LogP contribution in [0.2, 0.25) is 5.02 Å². The Kier molecular flexibility index (Phi) is 5.92. The highest BCUT2D eigenvalue weighted by molar-refractivity contribution is 6.31. The van der Waals surface area contributed by atoms with Crippen LogP contribution < -0.4 is 5.32 Å². The molecule has 2 aromatic carbocycles. The minimum absolute atomic E-state index is 0.132. The van der Waals surface area contributed by atoms with Crippen LogP contribution in [0, 0.1) is 17.2 Å². The minimum atomic E-state index is -0.132. The Morgan fingerprint density at radius 1 is 1.31 bits per heavy atom. The Labute approximate surface area is 159 Å². The number of amides is 1. The van der Waals surface area contributed by atoms with Gasteiger partial charge in [0.15, 0.2) is 0 Å². The van der Waals surface area contributed by atoms with Crippen LogP contribution in [0.25, 0.3) is 0 Å². The minimum Gasteiger partial charge on any atom is -0.324 e. The van der Waals surface area contributed by atoms with Crippen LogP contribution in [0.5, 0.6) is 0 Å². The molecule has 1 aliphatic rings. The van der Waals surface area contributed by atoms with Gasteiger partial charge in [0.1, 0.15) is 6.07 Å². The van der Waals surface area contributed by atoms with Gasteiger partial charge >= 0.3 is 0 Å². The van der Waals surface area contributed by atoms with Crippen LogP contribution in [0.1, 0.15) is 36.9 Å². The number of benzene rings is 2. The van der Waals surface area contributed by atoms with Gasteiger partial charge in [0.05, 0.1) is 17.8 Å². The fourth-order valence-electron chi connectivity index (χ4n) is 3.03. The predicted molar refractivity (Wildman–Crippen MR) is 104 cm³/mol. The molecule has 1 saturated carbocycles. The van der Waals surface area contributed by atoms with Gasteiger partial charge in [0.25, 0.3) is 0 Å². The van der Waals surface area contributed by atoms with Crippen LogP contribution in [0.15, 0.2) is 48.5 Å². The summed E-state index contributed by atoms with van der Waals surface area (Å²) in [6.07, 6.45) is 2.46. The van der Waals surface area contributed by atoms with E-state index in [0.29, 0.717) is 22.2 Å². The van der Waals surface area contributed by atoms with Gasteiger partial charge in [-0.05, 0) is 49.4 Å². The summed E-state index contributed by atoms with van der Waals surface area (Å²) in [5.74, 6) is 0.544. The van der Waals surface area contributed by atoms with Crippen LogP contribution in [-0.4, -0.2) is 23.9 Å². The van der Waals surface area contributed by atoms with E-state index in [4.69, 9.17) is 11.6 Å². The van der Waals surface area contributed by atoms with Crippen molar-refractivity contribution in [3.63, 3.8) is 0 Å². The summed E-state index contributed by atoms with van der Waals surface area (Å²) in [5, 5.41) is 12.6. The summed E-state index contributed by atoms with van der Waals surface area (Å²) in [6.45, 7) is 3.32. The van der Waals surface area contributed by atoms with Crippen molar-refractivity contribution in [3.8, 4) is 6.07 Å². The number of rotatable bonds is 7. The van der Waals surface area contributed by atoms with Crippen molar-refractivity contribution >= 4 is 23.2 Å². The molecule has 0 aromatic heterocycles. The first-order chi connectivity index (χ1) is 12.6. The second kappa shape index (κ2) is 8.35. The smallest absolute Gasteiger partial charge is 0.238 e. The number of nitrogens with one attached hydrogen (secondary N) is 1. The quantitative estimate of drug-likeness (QED) is 0.776. The van der Waals surface area contributed by atoms with Crippen molar-refractivity contribution in [3.05, 3.63) is 64.7 Å². The average molecular weight is 368 g/mol. The van der Waals surface area contributed by atoms with Gasteiger partial charge in [0.2, 0.25) is 5.91 Å². The van der Waals surface area contributed by atoms with Crippen LogP contribution in [-0.2, 0) is 4.79 Å². The SMILES string of the molecule is CC(c1ccccc1)N(CC(=O)Nc1cc(Cl)ccc1C#N)CC1CC1. The maximum Gasteiger partial charge on any atom is 0.238 e. The molecular formula is C21H22ClN3O. The summed E-state index contributed by atoms with van der Waals surface area (Å²) in [6, 6.07) is 17.3. The lowest BCUT2D eigenvalue weighted by Crippen LogP contribution is -2.36. The van der Waals surface area contributed by atoms with Gasteiger partial charge in [-0.2, -0.15) is 5.26 Å². The Morgan fingerprint density at radius 3 is 2.69 bits per heavy atom. The average Bonchev–Trinajstić information content (AvgIpc) is 3.45. The van der Waals surface area contributed by atoms with E-state index in [1.165, 1.54) is 18.4 Å². The number of nitrogens with zero attached hydrogens (tertiary/aromatic N) is 2. The maximum atomic E-state index is 12.6. The molecule has 5 heteroatoms. The summed E-state index contributed by atoms with van der Waals surface area (Å²) in [4.78, 5) is 14.8. The zero-order valence-corrected chi connectivity index (χ0v) is 15.5. The third kappa shape index (κ3) is 4.85. The van der Waals surface area contributed by atoms with Crippen molar-refractivity contribution in [1.29, 1.82) is 5.26 Å². The Morgan fingerprint density at radius 2 is 2.04 bits per heavy atom. The first kappa shape index (κ1) is 18.4. The number of carbonyl (C=O) groups excluding carboxylic acids is 1. The van der Waals surface area contributed by atoms with E-state index in [1.54, 1.807) is 18.2 Å². The molecule has 134 valence electrons. The van der Waals surface area contributed by atoms with E-state index < -0.39 is 0 Å². The highest BCUT2D eigenvalue weighted by atomic mass is 35.5. The highest BCUT2D eigenvalue weighted by Gasteiger charge is 2.28. The fraction of sp³-hybridized carbons (Fsp3) is 0.333. The normalized spacial score (nSPS) is 14.7. The van der Waals surface area contributed by atoms with Gasteiger partial charge in [-0.25, -0.2) is 0 Å². The lowest BCUT2D eigenvalue weighted by atomic mass is 10.1. The molecule has 0 heterocycles. The van der Waals surface area contributed by atoms with E-state index >= 15 is 0 Å². The van der Waals surface area contributed by atoms with Crippen molar-refractivity contribution in [2.24, 2.45) is 5.92 Å². The van der Waals surface area contributed by atoms with E-state index in [1.807, 2.05) is 18.2 Å². The Hall–Kier alpha value is -2.35. The number of anilines is 1. The van der Waals surface area contributed by atoms with Crippen molar-refractivity contribution in [1.82, 2.24) is 4.90 Å². The van der Waals surface area contributed by atoms with Gasteiger partial charge in [-0.15, -0.1) is 0 Å². The van der Waals surface area contributed by atoms with Gasteiger partial charge in [-0.3, -0.25) is 9.69 Å². The molecule has 0 saturated heterocycles. The van der Waals surface area contributed by atoms with Crippen molar-refractivity contribution in [2.75, 3.05) is 18.4 Å². The summed E-state index contributed by atoms with van der Waals surface area (Å²) < 4.78 is 0. The number of halogens is 1. The predicted octanol–water partition coefficient (Wildman–Crippen LogP) is 4.62. The monoisotopic (exact) mass is 367 g/mol. The molecule has 1 unspecified atom stereocenters. The van der Waals surface area contributed by atoms with E-state index in [0.717, 1.165) is 6.54 Å². The molecule has 0 aliphatic heterocycles. The lowest BCUT2D eigenvalue weighted by molar-refractivity contribution is -0.117. The lowest BCUT2D eigenvalue weighted by Gasteiger charge is -2.29. The zero-order chi connectivity index (χ0) is 18.5. The first-order valence-electron chi connectivity index (χ1n) is 8.85. The van der Waals surface area contributed by atoms with Crippen LogP contribution in [0.4, 0.5) is 5.69 Å². The molecule has 0 bridgehead atoms. The molecule has 3 rings (SSSR count). The molecule has 1 atom stereocenters. The summed E-state index contributed by atoms with van der Waals surface area (Å²) in [5.41, 5.74) is 2.07. The number of carbonyl (C=O) groups is 1. The molecule has 26 heavy (non-hydrogen) atoms. The second-order valence-electron chi connectivity index (χ2n) is 6.81. The molecule has 1 fully saturated rings. The van der Waals surface area contributed by atoms with Gasteiger partial charge in [0, 0.05) is 17.6 Å². The molecule has 2 aromatic rings. The molecule has 1 N–H and O–H groups in total. The molecule has 4 nitrogen and oxygen atoms in total. The van der Waals surface area contributed by atoms with Crippen molar-refractivity contribution in [2.45, 2.75) is 25.8 Å². The van der Waals surface area contributed by atoms with E-state index in [9.17, 15) is 10.1 Å². The number of nitriles is 1. The molecule has 0 spiro atoms. The number of hydrogen-bond acceptors (Lipinski definition) is 3. The third-order valence-corrected chi connectivity index (χ3v) is 4.98.